The third-order valence-electron chi connectivity index (χ3n) is 4.83. The predicted molar refractivity (Wildman–Crippen MR) is 101 cm³/mol. The second-order valence-corrected chi connectivity index (χ2v) is 6.70. The van der Waals surface area contributed by atoms with Gasteiger partial charge >= 0.3 is 6.09 Å². The fourth-order valence-electron chi connectivity index (χ4n) is 3.21. The summed E-state index contributed by atoms with van der Waals surface area (Å²) in [6, 6.07) is 4.57. The van der Waals surface area contributed by atoms with Crippen LogP contribution in [-0.4, -0.2) is 64.4 Å². The summed E-state index contributed by atoms with van der Waals surface area (Å²) in [6.07, 6.45) is 4.04. The molecule has 2 aromatic rings. The van der Waals surface area contributed by atoms with Gasteiger partial charge in [0.1, 0.15) is 24.1 Å². The van der Waals surface area contributed by atoms with E-state index in [9.17, 15) is 9.18 Å². The number of carbonyl (C=O) groups excluding carboxylic acids is 1. The highest BCUT2D eigenvalue weighted by Crippen LogP contribution is 2.28. The largest absolute Gasteiger partial charge is 0.441 e. The molecule has 0 saturated carbocycles. The molecule has 0 aliphatic carbocycles. The van der Waals surface area contributed by atoms with Gasteiger partial charge in [0, 0.05) is 26.0 Å². The number of aliphatic hydroxyl groups excluding tert-OH is 1. The van der Waals surface area contributed by atoms with E-state index >= 15 is 0 Å². The number of nitrogens with zero attached hydrogens (tertiary/aromatic N) is 6. The third kappa shape index (κ3) is 3.50. The van der Waals surface area contributed by atoms with E-state index in [-0.39, 0.29) is 13.2 Å². The number of carbonyl (C=O) groups is 1. The first-order valence-corrected chi connectivity index (χ1v) is 8.95. The molecule has 9 nitrogen and oxygen atoms in total. The molecule has 1 atom stereocenters. The Morgan fingerprint density at radius 1 is 1.36 bits per heavy atom. The zero-order chi connectivity index (χ0) is 19.7. The van der Waals surface area contributed by atoms with Crippen LogP contribution >= 0.6 is 0 Å². The van der Waals surface area contributed by atoms with Crippen molar-refractivity contribution in [3.05, 3.63) is 42.2 Å². The maximum atomic E-state index is 14.7. The van der Waals surface area contributed by atoms with Crippen LogP contribution in [0.4, 0.5) is 20.6 Å². The minimum absolute atomic E-state index is 0.196. The zero-order valence-corrected chi connectivity index (χ0v) is 15.4. The summed E-state index contributed by atoms with van der Waals surface area (Å²) in [5.41, 5.74) is 0.781. The van der Waals surface area contributed by atoms with Crippen molar-refractivity contribution in [2.75, 3.05) is 36.0 Å². The van der Waals surface area contributed by atoms with Crippen molar-refractivity contribution in [1.29, 1.82) is 0 Å². The first-order valence-electron chi connectivity index (χ1n) is 8.95. The number of hydrogen-bond acceptors (Lipinski definition) is 7. The van der Waals surface area contributed by atoms with Crippen molar-refractivity contribution in [3.63, 3.8) is 0 Å². The number of halogens is 1. The molecule has 3 heterocycles. The van der Waals surface area contributed by atoms with Gasteiger partial charge in [0.15, 0.2) is 0 Å². The molecule has 1 N–H and O–H groups in total. The monoisotopic (exact) mass is 388 g/mol. The van der Waals surface area contributed by atoms with Crippen molar-refractivity contribution >= 4 is 23.8 Å². The molecule has 0 radical (unpaired) electrons. The van der Waals surface area contributed by atoms with Crippen LogP contribution in [0.1, 0.15) is 5.82 Å². The molecule has 2 aliphatic heterocycles. The lowest BCUT2D eigenvalue weighted by Crippen LogP contribution is -2.38. The number of hydrogen-bond donors (Lipinski definition) is 1. The number of rotatable bonds is 5. The second-order valence-electron chi connectivity index (χ2n) is 6.70. The molecule has 1 amide bonds. The van der Waals surface area contributed by atoms with Crippen LogP contribution in [-0.2, 0) is 18.3 Å². The van der Waals surface area contributed by atoms with Gasteiger partial charge in [-0.05, 0) is 18.2 Å². The van der Waals surface area contributed by atoms with E-state index in [2.05, 4.69) is 10.1 Å². The summed E-state index contributed by atoms with van der Waals surface area (Å²) in [6.45, 7) is 1.71. The summed E-state index contributed by atoms with van der Waals surface area (Å²) in [4.78, 5) is 19.2. The Labute approximate surface area is 161 Å². The first kappa shape index (κ1) is 18.2. The number of imidazole rings is 1. The number of aromatic nitrogens is 2. The number of cyclic esters (lactones) is 1. The molecule has 0 bridgehead atoms. The van der Waals surface area contributed by atoms with Crippen LogP contribution in [0.5, 0.6) is 0 Å². The van der Waals surface area contributed by atoms with E-state index in [1.54, 1.807) is 29.6 Å². The average molecular weight is 388 g/mol. The lowest BCUT2D eigenvalue weighted by molar-refractivity contribution is 0.0963. The number of ether oxygens (including phenoxy) is 1. The number of amides is 1. The van der Waals surface area contributed by atoms with E-state index in [1.165, 1.54) is 11.0 Å². The van der Waals surface area contributed by atoms with Crippen molar-refractivity contribution in [2.24, 2.45) is 12.1 Å². The smallest absolute Gasteiger partial charge is 0.414 e. The van der Waals surface area contributed by atoms with Gasteiger partial charge in [0.25, 0.3) is 0 Å². The van der Waals surface area contributed by atoms with Crippen LogP contribution in [0, 0.1) is 5.82 Å². The highest BCUT2D eigenvalue weighted by molar-refractivity contribution is 5.90. The van der Waals surface area contributed by atoms with Crippen molar-refractivity contribution in [3.8, 4) is 0 Å². The molecule has 1 aromatic carbocycles. The van der Waals surface area contributed by atoms with Crippen molar-refractivity contribution < 1.29 is 19.0 Å². The fraction of sp³-hybridized carbons (Fsp3) is 0.389. The number of aryl methyl sites for hydroxylation is 1. The quantitative estimate of drug-likeness (QED) is 0.827. The summed E-state index contributed by atoms with van der Waals surface area (Å²) in [5, 5.41) is 15.4. The van der Waals surface area contributed by atoms with E-state index in [4.69, 9.17) is 9.84 Å². The second kappa shape index (κ2) is 7.47. The molecule has 1 saturated heterocycles. The van der Waals surface area contributed by atoms with Gasteiger partial charge in [0.2, 0.25) is 0 Å². The Bertz CT molecular complexity index is 901. The highest BCUT2D eigenvalue weighted by Gasteiger charge is 2.32. The van der Waals surface area contributed by atoms with Gasteiger partial charge in [-0.25, -0.2) is 14.2 Å². The zero-order valence-electron chi connectivity index (χ0n) is 15.4. The molecular weight excluding hydrogens is 367 g/mol. The van der Waals surface area contributed by atoms with Crippen molar-refractivity contribution in [2.45, 2.75) is 12.6 Å². The molecule has 0 spiro atoms. The summed E-state index contributed by atoms with van der Waals surface area (Å²) in [7, 11) is 1.93. The van der Waals surface area contributed by atoms with E-state index in [0.29, 0.717) is 31.0 Å². The minimum Gasteiger partial charge on any atom is -0.441 e. The Morgan fingerprint density at radius 3 is 2.82 bits per heavy atom. The van der Waals surface area contributed by atoms with Gasteiger partial charge in [-0.2, -0.15) is 5.10 Å². The van der Waals surface area contributed by atoms with Gasteiger partial charge in [-0.3, -0.25) is 9.91 Å². The van der Waals surface area contributed by atoms with Gasteiger partial charge in [-0.15, -0.1) is 0 Å². The maximum absolute atomic E-state index is 14.7. The first-order chi connectivity index (χ1) is 13.5. The number of aliphatic hydroxyl groups is 1. The molecule has 28 heavy (non-hydrogen) atoms. The molecule has 1 aromatic heterocycles. The van der Waals surface area contributed by atoms with Gasteiger partial charge in [-0.1, -0.05) is 0 Å². The van der Waals surface area contributed by atoms with Gasteiger partial charge in [0.05, 0.1) is 37.6 Å². The topological polar surface area (TPSA) is 86.4 Å². The molecule has 1 fully saturated rings. The molecule has 4 rings (SSSR count). The Hall–Kier alpha value is -3.14. The van der Waals surface area contributed by atoms with Crippen LogP contribution in [0.2, 0.25) is 0 Å². The summed E-state index contributed by atoms with van der Waals surface area (Å²) < 4.78 is 21.6. The summed E-state index contributed by atoms with van der Waals surface area (Å²) >= 11 is 0. The predicted octanol–water partition coefficient (Wildman–Crippen LogP) is 1.14. The summed E-state index contributed by atoms with van der Waals surface area (Å²) in [5.74, 6) is 0.446. The average Bonchev–Trinajstić information content (AvgIpc) is 3.28. The molecule has 1 unspecified atom stereocenters. The Balaban J connectivity index is 1.45. The molecule has 2 aliphatic rings. The highest BCUT2D eigenvalue weighted by atomic mass is 19.1. The fourth-order valence-corrected chi connectivity index (χ4v) is 3.21. The van der Waals surface area contributed by atoms with E-state index < -0.39 is 18.0 Å². The minimum atomic E-state index is -0.589. The van der Waals surface area contributed by atoms with Gasteiger partial charge < -0.3 is 19.3 Å². The van der Waals surface area contributed by atoms with Crippen LogP contribution in [0.25, 0.3) is 0 Å². The lowest BCUT2D eigenvalue weighted by Gasteiger charge is -2.30. The third-order valence-corrected chi connectivity index (χ3v) is 4.83. The van der Waals surface area contributed by atoms with E-state index in [0.717, 1.165) is 5.82 Å². The van der Waals surface area contributed by atoms with Crippen LogP contribution < -0.4 is 9.80 Å². The maximum Gasteiger partial charge on any atom is 0.414 e. The number of benzene rings is 1. The van der Waals surface area contributed by atoms with Crippen LogP contribution in [0.15, 0.2) is 35.7 Å². The molecule has 10 heteroatoms. The SMILES string of the molecule is Cn1ccnc1CN1CCN(c2ccc(N3CC(CO)OC3=O)cc2F)C=N1. The van der Waals surface area contributed by atoms with E-state index in [1.807, 2.05) is 22.8 Å². The Morgan fingerprint density at radius 2 is 2.21 bits per heavy atom. The number of hydrazone groups is 1. The molecule has 148 valence electrons. The van der Waals surface area contributed by atoms with Crippen molar-refractivity contribution in [1.82, 2.24) is 14.6 Å². The Kier molecular flexibility index (Phi) is 4.86. The van der Waals surface area contributed by atoms with Crippen LogP contribution in [0.3, 0.4) is 0 Å². The number of anilines is 2. The molecular formula is C18H21FN6O3. The lowest BCUT2D eigenvalue weighted by atomic mass is 10.2. The standard InChI is InChI=1S/C18H21FN6O3/c1-22-5-4-20-17(22)10-24-7-6-23(12-21-24)16-3-2-13(8-15(16)19)25-9-14(11-26)28-18(25)27/h2-5,8,12,14,26H,6-7,9-11H2,1H3. The normalized spacial score (nSPS) is 19.5.